The van der Waals surface area contributed by atoms with Crippen molar-refractivity contribution in [1.29, 1.82) is 0 Å². The van der Waals surface area contributed by atoms with Crippen LogP contribution in [0, 0.1) is 6.92 Å². The van der Waals surface area contributed by atoms with Gasteiger partial charge in [0.2, 0.25) is 5.78 Å². The SMILES string of the molecule is COc1ccc(C(=O)c2oc3cc(NC(=O)c4cccc(Cl)c4)ccc3c2C)cc1OC. The van der Waals surface area contributed by atoms with Crippen LogP contribution in [-0.4, -0.2) is 25.9 Å². The molecule has 0 atom stereocenters. The zero-order valence-corrected chi connectivity index (χ0v) is 18.4. The first kappa shape index (κ1) is 21.5. The topological polar surface area (TPSA) is 77.8 Å². The third kappa shape index (κ3) is 4.05. The van der Waals surface area contributed by atoms with Crippen LogP contribution >= 0.6 is 11.6 Å². The van der Waals surface area contributed by atoms with Crippen molar-refractivity contribution in [1.82, 2.24) is 0 Å². The standard InChI is InChI=1S/C25H20ClNO5/c1-14-19-9-8-18(27-25(29)16-5-4-6-17(26)11-16)13-21(19)32-24(14)23(28)15-7-10-20(30-2)22(12-15)31-3/h4-13H,1-3H3,(H,27,29). The molecular formula is C25H20ClNO5. The van der Waals surface area contributed by atoms with E-state index in [1.54, 1.807) is 54.6 Å². The minimum atomic E-state index is -0.295. The molecule has 7 heteroatoms. The number of anilines is 1. The third-order valence-electron chi connectivity index (χ3n) is 5.13. The lowest BCUT2D eigenvalue weighted by molar-refractivity contribution is 0.101. The van der Waals surface area contributed by atoms with Crippen molar-refractivity contribution in [3.05, 3.63) is 88.1 Å². The highest BCUT2D eigenvalue weighted by atomic mass is 35.5. The summed E-state index contributed by atoms with van der Waals surface area (Å²) in [5.74, 6) is 0.648. The highest BCUT2D eigenvalue weighted by Crippen LogP contribution is 2.32. The van der Waals surface area contributed by atoms with Gasteiger partial charge in [0, 0.05) is 38.9 Å². The molecule has 4 aromatic rings. The lowest BCUT2D eigenvalue weighted by atomic mass is 10.0. The van der Waals surface area contributed by atoms with E-state index in [2.05, 4.69) is 5.32 Å². The molecule has 162 valence electrons. The van der Waals surface area contributed by atoms with Crippen molar-refractivity contribution in [3.8, 4) is 11.5 Å². The van der Waals surface area contributed by atoms with Crippen LogP contribution in [-0.2, 0) is 0 Å². The number of carbonyl (C=O) groups excluding carboxylic acids is 2. The Bertz CT molecular complexity index is 1340. The van der Waals surface area contributed by atoms with Gasteiger partial charge in [0.1, 0.15) is 5.58 Å². The normalized spacial score (nSPS) is 10.8. The van der Waals surface area contributed by atoms with Crippen molar-refractivity contribution in [2.24, 2.45) is 0 Å². The summed E-state index contributed by atoms with van der Waals surface area (Å²) in [6.45, 7) is 1.82. The second kappa shape index (κ2) is 8.77. The van der Waals surface area contributed by atoms with E-state index in [4.69, 9.17) is 25.5 Å². The van der Waals surface area contributed by atoms with Gasteiger partial charge >= 0.3 is 0 Å². The van der Waals surface area contributed by atoms with E-state index in [9.17, 15) is 9.59 Å². The number of amides is 1. The molecule has 0 aliphatic carbocycles. The van der Waals surface area contributed by atoms with E-state index in [1.165, 1.54) is 14.2 Å². The molecule has 1 aromatic heterocycles. The summed E-state index contributed by atoms with van der Waals surface area (Å²) in [5.41, 5.74) is 2.61. The Hall–Kier alpha value is -3.77. The van der Waals surface area contributed by atoms with Crippen LogP contribution in [0.15, 0.2) is 65.1 Å². The molecular weight excluding hydrogens is 430 g/mol. The first-order valence-corrected chi connectivity index (χ1v) is 10.2. The number of ketones is 1. The van der Waals surface area contributed by atoms with Gasteiger partial charge in [-0.1, -0.05) is 17.7 Å². The number of nitrogens with one attached hydrogen (secondary N) is 1. The lowest BCUT2D eigenvalue weighted by Gasteiger charge is -2.08. The molecule has 0 unspecified atom stereocenters. The van der Waals surface area contributed by atoms with Crippen LogP contribution in [0.4, 0.5) is 5.69 Å². The maximum atomic E-state index is 13.1. The van der Waals surface area contributed by atoms with Gasteiger partial charge in [-0.2, -0.15) is 0 Å². The summed E-state index contributed by atoms with van der Waals surface area (Å²) >= 11 is 5.96. The van der Waals surface area contributed by atoms with Gasteiger partial charge in [-0.25, -0.2) is 0 Å². The lowest BCUT2D eigenvalue weighted by Crippen LogP contribution is -2.11. The van der Waals surface area contributed by atoms with E-state index >= 15 is 0 Å². The maximum absolute atomic E-state index is 13.1. The van der Waals surface area contributed by atoms with Crippen LogP contribution in [0.3, 0.4) is 0 Å². The van der Waals surface area contributed by atoms with Gasteiger partial charge in [-0.3, -0.25) is 9.59 Å². The van der Waals surface area contributed by atoms with Gasteiger partial charge in [0.05, 0.1) is 14.2 Å². The monoisotopic (exact) mass is 449 g/mol. The highest BCUT2D eigenvalue weighted by Gasteiger charge is 2.21. The second-order valence-electron chi connectivity index (χ2n) is 7.13. The Kier molecular flexibility index (Phi) is 5.88. The Morgan fingerprint density at radius 1 is 0.906 bits per heavy atom. The molecule has 3 aromatic carbocycles. The van der Waals surface area contributed by atoms with Gasteiger partial charge in [-0.05, 0) is 55.5 Å². The molecule has 32 heavy (non-hydrogen) atoms. The first-order chi connectivity index (χ1) is 15.4. The molecule has 0 aliphatic rings. The zero-order chi connectivity index (χ0) is 22.8. The summed E-state index contributed by atoms with van der Waals surface area (Å²) in [4.78, 5) is 25.6. The van der Waals surface area contributed by atoms with Crippen molar-refractivity contribution in [2.75, 3.05) is 19.5 Å². The van der Waals surface area contributed by atoms with Crippen LogP contribution in [0.25, 0.3) is 11.0 Å². The molecule has 0 saturated heterocycles. The molecule has 0 spiro atoms. The molecule has 1 N–H and O–H groups in total. The van der Waals surface area contributed by atoms with Crippen LogP contribution in [0.2, 0.25) is 5.02 Å². The highest BCUT2D eigenvalue weighted by molar-refractivity contribution is 6.31. The number of fused-ring (bicyclic) bond motifs is 1. The Labute approximate surface area is 189 Å². The van der Waals surface area contributed by atoms with Crippen molar-refractivity contribution >= 4 is 39.9 Å². The summed E-state index contributed by atoms with van der Waals surface area (Å²) in [7, 11) is 3.04. The summed E-state index contributed by atoms with van der Waals surface area (Å²) in [6, 6.07) is 16.9. The number of aryl methyl sites for hydroxylation is 1. The molecule has 1 amide bonds. The smallest absolute Gasteiger partial charge is 0.255 e. The van der Waals surface area contributed by atoms with Crippen molar-refractivity contribution in [2.45, 2.75) is 6.92 Å². The van der Waals surface area contributed by atoms with Gasteiger partial charge in [0.25, 0.3) is 5.91 Å². The molecule has 1 heterocycles. The van der Waals surface area contributed by atoms with E-state index in [0.29, 0.717) is 44.5 Å². The third-order valence-corrected chi connectivity index (χ3v) is 5.37. The number of hydrogen-bond acceptors (Lipinski definition) is 5. The number of halogens is 1. The number of carbonyl (C=O) groups is 2. The number of methoxy groups -OCH3 is 2. The summed E-state index contributed by atoms with van der Waals surface area (Å²) in [5, 5.41) is 4.09. The number of furan rings is 1. The molecule has 4 rings (SSSR count). The average molecular weight is 450 g/mol. The van der Waals surface area contributed by atoms with Crippen LogP contribution < -0.4 is 14.8 Å². The predicted molar refractivity (Wildman–Crippen MR) is 123 cm³/mol. The van der Waals surface area contributed by atoms with Crippen LogP contribution in [0.5, 0.6) is 11.5 Å². The Morgan fingerprint density at radius 3 is 2.41 bits per heavy atom. The minimum Gasteiger partial charge on any atom is -0.493 e. The van der Waals surface area contributed by atoms with Crippen molar-refractivity contribution < 1.29 is 23.5 Å². The molecule has 6 nitrogen and oxygen atoms in total. The number of hydrogen-bond donors (Lipinski definition) is 1. The quantitative estimate of drug-likeness (QED) is 0.371. The molecule has 0 aliphatic heterocycles. The van der Waals surface area contributed by atoms with Gasteiger partial charge in [-0.15, -0.1) is 0 Å². The van der Waals surface area contributed by atoms with E-state index < -0.39 is 0 Å². The van der Waals surface area contributed by atoms with E-state index in [0.717, 1.165) is 5.39 Å². The average Bonchev–Trinajstić information content (AvgIpc) is 3.13. The van der Waals surface area contributed by atoms with Gasteiger partial charge < -0.3 is 19.2 Å². The summed E-state index contributed by atoms with van der Waals surface area (Å²) in [6.07, 6.45) is 0. The largest absolute Gasteiger partial charge is 0.493 e. The maximum Gasteiger partial charge on any atom is 0.255 e. The second-order valence-corrected chi connectivity index (χ2v) is 7.57. The first-order valence-electron chi connectivity index (χ1n) is 9.78. The zero-order valence-electron chi connectivity index (χ0n) is 17.7. The molecule has 0 fully saturated rings. The Morgan fingerprint density at radius 2 is 1.69 bits per heavy atom. The van der Waals surface area contributed by atoms with E-state index in [-0.39, 0.29) is 17.5 Å². The van der Waals surface area contributed by atoms with Crippen LogP contribution in [0.1, 0.15) is 32.0 Å². The predicted octanol–water partition coefficient (Wildman–Crippen LogP) is 5.90. The Balaban J connectivity index is 1.64. The number of rotatable bonds is 6. The fourth-order valence-electron chi connectivity index (χ4n) is 3.46. The fraction of sp³-hybridized carbons (Fsp3) is 0.120. The van der Waals surface area contributed by atoms with Gasteiger partial charge in [0.15, 0.2) is 17.3 Å². The fourth-order valence-corrected chi connectivity index (χ4v) is 3.65. The summed E-state index contributed by atoms with van der Waals surface area (Å²) < 4.78 is 16.4. The number of ether oxygens (including phenoxy) is 2. The molecule has 0 saturated carbocycles. The molecule has 0 bridgehead atoms. The van der Waals surface area contributed by atoms with E-state index in [1.807, 2.05) is 13.0 Å². The molecule has 0 radical (unpaired) electrons. The van der Waals surface area contributed by atoms with Crippen molar-refractivity contribution in [3.63, 3.8) is 0 Å². The minimum absolute atomic E-state index is 0.227. The number of benzene rings is 3.